The number of carbonyl (C=O) groups excluding carboxylic acids is 1. The fourth-order valence-electron chi connectivity index (χ4n) is 1.82. The van der Waals surface area contributed by atoms with E-state index in [-0.39, 0.29) is 17.1 Å². The molecule has 1 aliphatic heterocycles. The van der Waals surface area contributed by atoms with Crippen molar-refractivity contribution in [3.8, 4) is 0 Å². The third-order valence-corrected chi connectivity index (χ3v) is 4.65. The summed E-state index contributed by atoms with van der Waals surface area (Å²) >= 11 is 1.41. The Balaban J connectivity index is 2.15. The summed E-state index contributed by atoms with van der Waals surface area (Å²) in [7, 11) is -0.399. The van der Waals surface area contributed by atoms with Crippen LogP contribution in [0.15, 0.2) is 11.4 Å². The highest BCUT2D eigenvalue weighted by Gasteiger charge is 2.51. The Kier molecular flexibility index (Phi) is 3.77. The number of thiophene rings is 1. The zero-order valence-corrected chi connectivity index (χ0v) is 12.9. The molecule has 1 aromatic heterocycles. The normalized spacial score (nSPS) is 20.6. The number of nitrogens with one attached hydrogen (secondary N) is 1. The molecule has 0 saturated carbocycles. The van der Waals surface area contributed by atoms with Crippen molar-refractivity contribution in [1.29, 1.82) is 0 Å². The summed E-state index contributed by atoms with van der Waals surface area (Å²) in [6.07, 6.45) is 0. The first-order chi connectivity index (χ1) is 8.77. The molecule has 0 spiro atoms. The van der Waals surface area contributed by atoms with Crippen LogP contribution in [0.4, 0.5) is 0 Å². The van der Waals surface area contributed by atoms with Gasteiger partial charge in [0.2, 0.25) is 0 Å². The minimum Gasteiger partial charge on any atom is -0.399 e. The van der Waals surface area contributed by atoms with E-state index in [1.54, 1.807) is 0 Å². The van der Waals surface area contributed by atoms with E-state index in [1.165, 1.54) is 11.3 Å². The Morgan fingerprint density at radius 1 is 1.32 bits per heavy atom. The molecule has 1 aliphatic rings. The topological polar surface area (TPSA) is 47.6 Å². The van der Waals surface area contributed by atoms with Gasteiger partial charge >= 0.3 is 7.12 Å². The van der Waals surface area contributed by atoms with Gasteiger partial charge in [-0.25, -0.2) is 0 Å². The lowest BCUT2D eigenvalue weighted by Crippen LogP contribution is -2.41. The van der Waals surface area contributed by atoms with Crippen LogP contribution >= 0.6 is 11.3 Å². The third-order valence-electron chi connectivity index (χ3n) is 3.71. The molecule has 2 rings (SSSR count). The molecule has 0 atom stereocenters. The summed E-state index contributed by atoms with van der Waals surface area (Å²) in [6, 6.07) is 1.85. The highest BCUT2D eigenvalue weighted by molar-refractivity contribution is 7.13. The van der Waals surface area contributed by atoms with Gasteiger partial charge in [0.15, 0.2) is 0 Å². The molecule has 0 bridgehead atoms. The summed E-state index contributed by atoms with van der Waals surface area (Å²) in [6.45, 7) is 10.6. The van der Waals surface area contributed by atoms with Crippen molar-refractivity contribution in [2.45, 2.75) is 45.8 Å². The van der Waals surface area contributed by atoms with Gasteiger partial charge in [0.1, 0.15) is 0 Å². The second-order valence-corrected chi connectivity index (χ2v) is 6.60. The first-order valence-electron chi connectivity index (χ1n) is 6.49. The zero-order chi connectivity index (χ0) is 14.3. The number of hydrogen-bond acceptors (Lipinski definition) is 4. The Hall–Kier alpha value is -0.845. The van der Waals surface area contributed by atoms with Gasteiger partial charge in [-0.15, -0.1) is 11.3 Å². The second kappa shape index (κ2) is 4.92. The van der Waals surface area contributed by atoms with E-state index < -0.39 is 7.12 Å². The van der Waals surface area contributed by atoms with Crippen molar-refractivity contribution in [2.75, 3.05) is 6.54 Å². The van der Waals surface area contributed by atoms with E-state index >= 15 is 0 Å². The number of rotatable bonds is 3. The third kappa shape index (κ3) is 2.71. The molecule has 6 heteroatoms. The number of hydrogen-bond donors (Lipinski definition) is 1. The SMILES string of the molecule is CCNC(=O)c1cc(B2OC(C)(C)C(C)(C)O2)cs1. The molecule has 1 N–H and O–H groups in total. The van der Waals surface area contributed by atoms with Gasteiger partial charge < -0.3 is 14.6 Å². The average molecular weight is 281 g/mol. The molecule has 0 unspecified atom stereocenters. The Morgan fingerprint density at radius 3 is 2.42 bits per heavy atom. The first-order valence-corrected chi connectivity index (χ1v) is 7.37. The van der Waals surface area contributed by atoms with Crippen LogP contribution in [0.25, 0.3) is 0 Å². The van der Waals surface area contributed by atoms with E-state index in [9.17, 15) is 4.79 Å². The summed E-state index contributed by atoms with van der Waals surface area (Å²) in [5, 5.41) is 4.71. The van der Waals surface area contributed by atoms with Crippen molar-refractivity contribution in [1.82, 2.24) is 5.32 Å². The summed E-state index contributed by atoms with van der Waals surface area (Å²) in [4.78, 5) is 12.4. The first kappa shape index (κ1) is 14.6. The monoisotopic (exact) mass is 281 g/mol. The second-order valence-electron chi connectivity index (χ2n) is 5.69. The van der Waals surface area contributed by atoms with E-state index in [0.717, 1.165) is 5.46 Å². The van der Waals surface area contributed by atoms with Crippen LogP contribution in [-0.2, 0) is 9.31 Å². The maximum atomic E-state index is 11.7. The van der Waals surface area contributed by atoms with Crippen LogP contribution in [-0.4, -0.2) is 30.8 Å². The molecular formula is C13H20BNO3S. The lowest BCUT2D eigenvalue weighted by Gasteiger charge is -2.32. The van der Waals surface area contributed by atoms with Crippen LogP contribution in [0.2, 0.25) is 0 Å². The van der Waals surface area contributed by atoms with Gasteiger partial charge in [0.25, 0.3) is 5.91 Å². The molecule has 0 radical (unpaired) electrons. The molecule has 1 saturated heterocycles. The average Bonchev–Trinajstić information content (AvgIpc) is 2.83. The van der Waals surface area contributed by atoms with E-state index in [4.69, 9.17) is 9.31 Å². The Morgan fingerprint density at radius 2 is 1.89 bits per heavy atom. The van der Waals surface area contributed by atoms with Gasteiger partial charge in [-0.05, 0) is 51.5 Å². The highest BCUT2D eigenvalue weighted by atomic mass is 32.1. The molecule has 0 aliphatic carbocycles. The molecule has 19 heavy (non-hydrogen) atoms. The van der Waals surface area contributed by atoms with Crippen molar-refractivity contribution in [3.63, 3.8) is 0 Å². The molecular weight excluding hydrogens is 261 g/mol. The molecule has 1 aromatic rings. The fraction of sp³-hybridized carbons (Fsp3) is 0.615. The Bertz CT molecular complexity index is 468. The van der Waals surface area contributed by atoms with Crippen molar-refractivity contribution >= 4 is 29.8 Å². The van der Waals surface area contributed by atoms with Crippen molar-refractivity contribution in [2.24, 2.45) is 0 Å². The summed E-state index contributed by atoms with van der Waals surface area (Å²) < 4.78 is 11.9. The summed E-state index contributed by atoms with van der Waals surface area (Å²) in [5.41, 5.74) is 0.196. The number of carbonyl (C=O) groups is 1. The molecule has 2 heterocycles. The van der Waals surface area contributed by atoms with Crippen LogP contribution in [0, 0.1) is 0 Å². The van der Waals surface area contributed by atoms with Gasteiger partial charge in [0.05, 0.1) is 16.1 Å². The van der Waals surface area contributed by atoms with Crippen LogP contribution in [0.5, 0.6) is 0 Å². The van der Waals surface area contributed by atoms with E-state index in [1.807, 2.05) is 46.1 Å². The van der Waals surface area contributed by atoms with Crippen LogP contribution in [0.3, 0.4) is 0 Å². The maximum absolute atomic E-state index is 11.7. The fourth-order valence-corrected chi connectivity index (χ4v) is 2.65. The minimum absolute atomic E-state index is 0.0460. The van der Waals surface area contributed by atoms with E-state index in [0.29, 0.717) is 11.4 Å². The predicted octanol–water partition coefficient (Wildman–Crippen LogP) is 1.80. The smallest absolute Gasteiger partial charge is 0.399 e. The minimum atomic E-state index is -0.399. The van der Waals surface area contributed by atoms with Gasteiger partial charge in [-0.3, -0.25) is 4.79 Å². The van der Waals surface area contributed by atoms with Crippen LogP contribution < -0.4 is 10.8 Å². The zero-order valence-electron chi connectivity index (χ0n) is 12.1. The molecule has 104 valence electrons. The molecule has 0 aromatic carbocycles. The largest absolute Gasteiger partial charge is 0.495 e. The lowest BCUT2D eigenvalue weighted by atomic mass is 9.81. The predicted molar refractivity (Wildman–Crippen MR) is 78.0 cm³/mol. The molecule has 4 nitrogen and oxygen atoms in total. The Labute approximate surface area is 118 Å². The summed E-state index contributed by atoms with van der Waals surface area (Å²) in [5.74, 6) is -0.0460. The highest BCUT2D eigenvalue weighted by Crippen LogP contribution is 2.36. The van der Waals surface area contributed by atoms with Crippen LogP contribution in [0.1, 0.15) is 44.3 Å². The van der Waals surface area contributed by atoms with Crippen molar-refractivity contribution in [3.05, 3.63) is 16.3 Å². The van der Waals surface area contributed by atoms with Gasteiger partial charge in [0, 0.05) is 6.54 Å². The maximum Gasteiger partial charge on any atom is 0.495 e. The number of amides is 1. The van der Waals surface area contributed by atoms with Crippen molar-refractivity contribution < 1.29 is 14.1 Å². The lowest BCUT2D eigenvalue weighted by molar-refractivity contribution is 0.00578. The quantitative estimate of drug-likeness (QED) is 0.859. The van der Waals surface area contributed by atoms with Gasteiger partial charge in [-0.2, -0.15) is 0 Å². The molecule has 1 amide bonds. The van der Waals surface area contributed by atoms with E-state index in [2.05, 4.69) is 5.32 Å². The van der Waals surface area contributed by atoms with Gasteiger partial charge in [-0.1, -0.05) is 0 Å². The molecule has 1 fully saturated rings. The standard InChI is InChI=1S/C13H20BNO3S/c1-6-15-11(16)10-7-9(8-19-10)14-17-12(2,3)13(4,5)18-14/h7-8H,6H2,1-5H3,(H,15,16).